The number of methoxy groups -OCH3 is 2. The van der Waals surface area contributed by atoms with E-state index in [0.29, 0.717) is 48.2 Å². The van der Waals surface area contributed by atoms with Crippen LogP contribution >= 0.6 is 0 Å². The molecule has 0 aliphatic heterocycles. The summed E-state index contributed by atoms with van der Waals surface area (Å²) >= 11 is 0. The van der Waals surface area contributed by atoms with Crippen molar-refractivity contribution in [3.63, 3.8) is 0 Å². The predicted octanol–water partition coefficient (Wildman–Crippen LogP) is 2.43. The highest BCUT2D eigenvalue weighted by molar-refractivity contribution is 6.38. The molecule has 6 N–H and O–H groups in total. The molecule has 0 aromatic heterocycles. The summed E-state index contributed by atoms with van der Waals surface area (Å²) in [6.07, 6.45) is 0.485. The zero-order valence-electron chi connectivity index (χ0n) is 28.5. The molecule has 0 saturated carbocycles. The fraction of sp³-hybridized carbons (Fsp3) is 0.500. The molecule has 0 bridgehead atoms. The Morgan fingerprint density at radius 2 is 1.34 bits per heavy atom. The zero-order valence-corrected chi connectivity index (χ0v) is 28.5. The molecule has 258 valence electrons. The van der Waals surface area contributed by atoms with Gasteiger partial charge in [-0.3, -0.25) is 19.2 Å². The molecule has 0 radical (unpaired) electrons. The van der Waals surface area contributed by atoms with Crippen molar-refractivity contribution >= 4 is 29.5 Å². The van der Waals surface area contributed by atoms with Crippen LogP contribution in [0.2, 0.25) is 0 Å². The van der Waals surface area contributed by atoms with Crippen LogP contribution in [0.15, 0.2) is 42.5 Å². The molecule has 2 aromatic rings. The predicted molar refractivity (Wildman–Crippen MR) is 179 cm³/mol. The number of amides is 5. The molecule has 2 atom stereocenters. The molecule has 0 spiro atoms. The Bertz CT molecular complexity index is 1320. The smallest absolute Gasteiger partial charge is 0.315 e. The summed E-state index contributed by atoms with van der Waals surface area (Å²) in [7, 11) is 3.02. The minimum absolute atomic E-state index is 0.0461. The average Bonchev–Trinajstić information content (AvgIpc) is 3.05. The molecule has 13 heteroatoms. The molecule has 13 nitrogen and oxygen atoms in total. The summed E-state index contributed by atoms with van der Waals surface area (Å²) < 4.78 is 10.5. The fourth-order valence-corrected chi connectivity index (χ4v) is 4.53. The van der Waals surface area contributed by atoms with Crippen LogP contribution in [0, 0.1) is 5.92 Å². The largest absolute Gasteiger partial charge is 0.497 e. The Hall–Kier alpha value is -4.65. The van der Waals surface area contributed by atoms with Gasteiger partial charge in [0.25, 0.3) is 11.8 Å². The SMILES string of the molecule is CCC(NC(=O)[C@H](CC(C)C)NC(=O)NCc1ccc(C(=O)NCCNC(C)C)cc1)C(=O)C(=O)NCc1cc(OC)cc(OC)c1. The highest BCUT2D eigenvalue weighted by Gasteiger charge is 2.29. The molecular weight excluding hydrogens is 604 g/mol. The highest BCUT2D eigenvalue weighted by Crippen LogP contribution is 2.22. The maximum Gasteiger partial charge on any atom is 0.315 e. The summed E-state index contributed by atoms with van der Waals surface area (Å²) in [4.78, 5) is 64.0. The number of ether oxygens (including phenoxy) is 2. The maximum absolute atomic E-state index is 13.2. The van der Waals surface area contributed by atoms with Crippen molar-refractivity contribution < 1.29 is 33.4 Å². The quantitative estimate of drug-likeness (QED) is 0.0989. The Kier molecular flexibility index (Phi) is 16.2. The Morgan fingerprint density at radius 1 is 0.723 bits per heavy atom. The van der Waals surface area contributed by atoms with Crippen molar-refractivity contribution in [2.75, 3.05) is 27.3 Å². The van der Waals surface area contributed by atoms with Crippen molar-refractivity contribution in [2.45, 2.75) is 78.7 Å². The van der Waals surface area contributed by atoms with E-state index in [1.807, 2.05) is 27.7 Å². The van der Waals surface area contributed by atoms with Crippen molar-refractivity contribution in [1.82, 2.24) is 31.9 Å². The molecule has 2 rings (SSSR count). The molecule has 0 saturated heterocycles. The maximum atomic E-state index is 13.2. The number of Topliss-reactive ketones (excluding diaryl/α,β-unsaturated/α-hetero) is 1. The standard InChI is InChI=1S/C34H50N6O7/c1-8-28(30(41)33(44)37-20-24-16-26(46-6)18-27(17-24)47-7)39-32(43)29(15-21(2)3)40-34(45)38-19-23-9-11-25(12-10-23)31(42)36-14-13-35-22(4)5/h9-12,16-18,21-22,28-29,35H,8,13-15,19-20H2,1-7H3,(H,36,42)(H,37,44)(H,39,43)(H2,38,40,45)/t28?,29-/m0/s1. The minimum Gasteiger partial charge on any atom is -0.497 e. The molecule has 2 aromatic carbocycles. The van der Waals surface area contributed by atoms with E-state index in [1.54, 1.807) is 49.4 Å². The molecule has 0 aliphatic carbocycles. The Balaban J connectivity index is 1.92. The first kappa shape index (κ1) is 38.5. The van der Waals surface area contributed by atoms with Gasteiger partial charge in [0.2, 0.25) is 11.7 Å². The average molecular weight is 655 g/mol. The van der Waals surface area contributed by atoms with Gasteiger partial charge in [-0.1, -0.05) is 46.8 Å². The number of nitrogens with one attached hydrogen (secondary N) is 6. The van der Waals surface area contributed by atoms with Crippen molar-refractivity contribution in [1.29, 1.82) is 0 Å². The third kappa shape index (κ3) is 13.7. The van der Waals surface area contributed by atoms with E-state index in [-0.39, 0.29) is 31.3 Å². The van der Waals surface area contributed by atoms with Gasteiger partial charge < -0.3 is 41.4 Å². The molecular formula is C34H50N6O7. The van der Waals surface area contributed by atoms with Gasteiger partial charge in [0.05, 0.1) is 20.3 Å². The van der Waals surface area contributed by atoms with Gasteiger partial charge in [-0.05, 0) is 54.2 Å². The van der Waals surface area contributed by atoms with E-state index >= 15 is 0 Å². The van der Waals surface area contributed by atoms with E-state index < -0.39 is 35.7 Å². The second kappa shape index (κ2) is 19.8. The topological polar surface area (TPSA) is 176 Å². The normalized spacial score (nSPS) is 12.1. The van der Waals surface area contributed by atoms with Crippen LogP contribution in [-0.4, -0.2) is 75.0 Å². The second-order valence-corrected chi connectivity index (χ2v) is 11.8. The van der Waals surface area contributed by atoms with E-state index in [2.05, 4.69) is 31.9 Å². The van der Waals surface area contributed by atoms with Crippen LogP contribution in [-0.2, 0) is 27.5 Å². The molecule has 1 unspecified atom stereocenters. The summed E-state index contributed by atoms with van der Waals surface area (Å²) in [5, 5.41) is 16.7. The van der Waals surface area contributed by atoms with Crippen LogP contribution in [0.3, 0.4) is 0 Å². The molecule has 5 amide bonds. The van der Waals surface area contributed by atoms with Crippen molar-refractivity contribution in [3.05, 3.63) is 59.2 Å². The number of hydrogen-bond acceptors (Lipinski definition) is 8. The van der Waals surface area contributed by atoms with Gasteiger partial charge in [-0.15, -0.1) is 0 Å². The summed E-state index contributed by atoms with van der Waals surface area (Å²) in [6, 6.07) is 9.70. The van der Waals surface area contributed by atoms with Gasteiger partial charge in [-0.2, -0.15) is 0 Å². The van der Waals surface area contributed by atoms with Crippen LogP contribution in [0.1, 0.15) is 68.9 Å². The number of hydrogen-bond donors (Lipinski definition) is 6. The monoisotopic (exact) mass is 654 g/mol. The van der Waals surface area contributed by atoms with E-state index in [1.165, 1.54) is 14.2 Å². The van der Waals surface area contributed by atoms with Crippen LogP contribution in [0.5, 0.6) is 11.5 Å². The van der Waals surface area contributed by atoms with Gasteiger partial charge >= 0.3 is 6.03 Å². The van der Waals surface area contributed by atoms with Crippen LogP contribution < -0.4 is 41.4 Å². The third-order valence-corrected chi connectivity index (χ3v) is 7.09. The van der Waals surface area contributed by atoms with Crippen LogP contribution in [0.25, 0.3) is 0 Å². The first-order valence-electron chi connectivity index (χ1n) is 15.9. The van der Waals surface area contributed by atoms with Crippen molar-refractivity contribution in [2.24, 2.45) is 5.92 Å². The van der Waals surface area contributed by atoms with E-state index in [0.717, 1.165) is 5.56 Å². The summed E-state index contributed by atoms with van der Waals surface area (Å²) in [5.41, 5.74) is 1.93. The van der Waals surface area contributed by atoms with Gasteiger partial charge in [0.1, 0.15) is 17.5 Å². The van der Waals surface area contributed by atoms with Crippen LogP contribution in [0.4, 0.5) is 4.79 Å². The molecule has 0 aliphatic rings. The Morgan fingerprint density at radius 3 is 1.89 bits per heavy atom. The lowest BCUT2D eigenvalue weighted by Crippen LogP contribution is -2.55. The van der Waals surface area contributed by atoms with Gasteiger partial charge in [0.15, 0.2) is 0 Å². The first-order chi connectivity index (χ1) is 22.4. The number of urea groups is 1. The first-order valence-corrected chi connectivity index (χ1v) is 15.9. The summed E-state index contributed by atoms with van der Waals surface area (Å²) in [5.74, 6) is -1.29. The lowest BCUT2D eigenvalue weighted by atomic mass is 10.0. The van der Waals surface area contributed by atoms with E-state index in [9.17, 15) is 24.0 Å². The second-order valence-electron chi connectivity index (χ2n) is 11.8. The number of carbonyl (C=O) groups is 5. The van der Waals surface area contributed by atoms with E-state index in [4.69, 9.17) is 9.47 Å². The van der Waals surface area contributed by atoms with Gasteiger partial charge in [0, 0.05) is 43.9 Å². The number of carbonyl (C=O) groups excluding carboxylic acids is 5. The minimum atomic E-state index is -1.08. The summed E-state index contributed by atoms with van der Waals surface area (Å²) in [6.45, 7) is 10.9. The molecule has 47 heavy (non-hydrogen) atoms. The Labute approximate surface area is 277 Å². The number of rotatable bonds is 19. The number of ketones is 1. The lowest BCUT2D eigenvalue weighted by Gasteiger charge is -2.23. The van der Waals surface area contributed by atoms with Crippen molar-refractivity contribution in [3.8, 4) is 11.5 Å². The third-order valence-electron chi connectivity index (χ3n) is 7.09. The number of benzene rings is 2. The lowest BCUT2D eigenvalue weighted by molar-refractivity contribution is -0.140. The molecule has 0 fully saturated rings. The zero-order chi connectivity index (χ0) is 34.9. The highest BCUT2D eigenvalue weighted by atomic mass is 16.5. The molecule has 0 heterocycles. The fourth-order valence-electron chi connectivity index (χ4n) is 4.53. The van der Waals surface area contributed by atoms with Gasteiger partial charge in [-0.25, -0.2) is 4.79 Å².